The van der Waals surface area contributed by atoms with Crippen LogP contribution in [0.15, 0.2) is 90.3 Å². The van der Waals surface area contributed by atoms with E-state index in [0.717, 1.165) is 17.1 Å². The molecule has 2 heterocycles. The number of sulfonamides is 1. The zero-order valence-electron chi connectivity index (χ0n) is 25.8. The minimum Gasteiger partial charge on any atom is -0.488 e. The first-order valence-corrected chi connectivity index (χ1v) is 16.2. The van der Waals surface area contributed by atoms with Crippen molar-refractivity contribution < 1.29 is 27.8 Å². The lowest BCUT2D eigenvalue weighted by atomic mass is 9.99. The number of para-hydroxylation sites is 1. The molecule has 2 N–H and O–H groups in total. The van der Waals surface area contributed by atoms with Crippen LogP contribution in [0.3, 0.4) is 0 Å². The van der Waals surface area contributed by atoms with Crippen molar-refractivity contribution in [2.75, 3.05) is 31.5 Å². The summed E-state index contributed by atoms with van der Waals surface area (Å²) in [5, 5.41) is 9.84. The molecule has 4 aromatic rings. The van der Waals surface area contributed by atoms with Crippen molar-refractivity contribution in [3.05, 3.63) is 96.4 Å². The van der Waals surface area contributed by atoms with Crippen molar-refractivity contribution in [1.82, 2.24) is 19.4 Å². The number of imidazole rings is 1. The Morgan fingerprint density at radius 1 is 1.11 bits per heavy atom. The minimum absolute atomic E-state index is 0.0671. The molecule has 0 aliphatic carbocycles. The summed E-state index contributed by atoms with van der Waals surface area (Å²) in [6.45, 7) is 5.18. The molecule has 3 aromatic carbocycles. The molecule has 0 radical (unpaired) electrons. The number of hydrogen-bond donors (Lipinski definition) is 2. The number of amides is 1. The van der Waals surface area contributed by atoms with Gasteiger partial charge in [-0.1, -0.05) is 37.3 Å². The number of aliphatic hydroxyl groups excluding tert-OH is 1. The summed E-state index contributed by atoms with van der Waals surface area (Å²) in [5.41, 5.74) is 1.52. The van der Waals surface area contributed by atoms with Gasteiger partial charge in [0.2, 0.25) is 0 Å². The number of carbonyl (C=O) groups excluding carboxylic acids is 1. The van der Waals surface area contributed by atoms with Gasteiger partial charge in [-0.05, 0) is 62.0 Å². The molecule has 5 rings (SSSR count). The van der Waals surface area contributed by atoms with Crippen LogP contribution in [0.25, 0.3) is 0 Å². The maximum absolute atomic E-state index is 13.8. The first-order valence-electron chi connectivity index (χ1n) is 14.8. The lowest BCUT2D eigenvalue weighted by Crippen LogP contribution is -2.49. The van der Waals surface area contributed by atoms with Gasteiger partial charge in [-0.3, -0.25) is 14.4 Å². The number of nitrogens with zero attached hydrogens (tertiary/aromatic N) is 4. The van der Waals surface area contributed by atoms with Crippen molar-refractivity contribution in [2.45, 2.75) is 37.6 Å². The second-order valence-electron chi connectivity index (χ2n) is 11.6. The zero-order valence-corrected chi connectivity index (χ0v) is 26.6. The quantitative estimate of drug-likeness (QED) is 0.250. The average molecular weight is 634 g/mol. The second-order valence-corrected chi connectivity index (χ2v) is 13.2. The van der Waals surface area contributed by atoms with Gasteiger partial charge in [-0.2, -0.15) is 8.42 Å². The molecule has 45 heavy (non-hydrogen) atoms. The molecule has 0 unspecified atom stereocenters. The molecule has 0 saturated carbocycles. The van der Waals surface area contributed by atoms with Gasteiger partial charge in [0.1, 0.15) is 23.4 Å². The summed E-state index contributed by atoms with van der Waals surface area (Å²) in [4.78, 5) is 21.5. The number of hydrogen-bond acceptors (Lipinski definition) is 8. The second kappa shape index (κ2) is 13.7. The molecule has 3 atom stereocenters. The summed E-state index contributed by atoms with van der Waals surface area (Å²) >= 11 is 0. The summed E-state index contributed by atoms with van der Waals surface area (Å²) in [6.07, 6.45) is 2.49. The maximum Gasteiger partial charge on any atom is 0.280 e. The molecule has 0 bridgehead atoms. The SMILES string of the molecule is C[C@@H]1CN([C@H](C)CO)C(=O)c2cc(NS(=O)(=O)c3cn(C)cn3)ccc2O[C@H]1CN(C)Cc1ccc(Oc2ccccc2)cc1. The lowest BCUT2D eigenvalue weighted by Gasteiger charge is -2.38. The molecule has 1 amide bonds. The molecule has 1 aromatic heterocycles. The number of aliphatic hydroxyl groups is 1. The van der Waals surface area contributed by atoms with Crippen molar-refractivity contribution in [2.24, 2.45) is 13.0 Å². The van der Waals surface area contributed by atoms with E-state index >= 15 is 0 Å². The third kappa shape index (κ3) is 7.83. The van der Waals surface area contributed by atoms with E-state index in [1.165, 1.54) is 23.2 Å². The van der Waals surface area contributed by atoms with Crippen LogP contribution in [0.5, 0.6) is 17.2 Å². The average Bonchev–Trinajstić information content (AvgIpc) is 3.47. The highest BCUT2D eigenvalue weighted by molar-refractivity contribution is 7.92. The smallest absolute Gasteiger partial charge is 0.280 e. The Hall–Kier alpha value is -4.39. The van der Waals surface area contributed by atoms with Crippen LogP contribution in [0, 0.1) is 5.92 Å². The number of benzene rings is 3. The van der Waals surface area contributed by atoms with Gasteiger partial charge >= 0.3 is 0 Å². The highest BCUT2D eigenvalue weighted by atomic mass is 32.2. The molecule has 0 saturated heterocycles. The van der Waals surface area contributed by atoms with E-state index < -0.39 is 16.1 Å². The van der Waals surface area contributed by atoms with Crippen molar-refractivity contribution in [1.29, 1.82) is 0 Å². The third-order valence-corrected chi connectivity index (χ3v) is 8.99. The van der Waals surface area contributed by atoms with E-state index in [-0.39, 0.29) is 40.8 Å². The standard InChI is InChI=1S/C33H39N5O6S/c1-23-17-38(24(2)21-39)33(40)29-16-26(35-45(41,42)32-20-37(4)22-34-32)12-15-30(29)44-31(23)19-36(3)18-25-10-13-28(14-11-25)43-27-8-6-5-7-9-27/h5-16,20,22-24,31,35,39H,17-19,21H2,1-4H3/t23-,24-,31+/m1/s1. The molecular formula is C33H39N5O6S. The number of aromatic nitrogens is 2. The zero-order chi connectivity index (χ0) is 32.1. The number of anilines is 1. The van der Waals surface area contributed by atoms with Gasteiger partial charge in [0.25, 0.3) is 15.9 Å². The fourth-order valence-electron chi connectivity index (χ4n) is 5.21. The van der Waals surface area contributed by atoms with E-state index in [2.05, 4.69) is 14.6 Å². The predicted octanol–water partition coefficient (Wildman–Crippen LogP) is 4.37. The van der Waals surface area contributed by atoms with Crippen LogP contribution < -0.4 is 14.2 Å². The summed E-state index contributed by atoms with van der Waals surface area (Å²) in [7, 11) is -0.283. The Labute approximate surface area is 264 Å². The van der Waals surface area contributed by atoms with Gasteiger partial charge in [-0.15, -0.1) is 0 Å². The maximum atomic E-state index is 13.8. The van der Waals surface area contributed by atoms with Crippen molar-refractivity contribution in [3.63, 3.8) is 0 Å². The molecule has 238 valence electrons. The number of likely N-dealkylation sites (N-methyl/N-ethyl adjacent to an activating group) is 1. The number of ether oxygens (including phenoxy) is 2. The Morgan fingerprint density at radius 3 is 2.49 bits per heavy atom. The van der Waals surface area contributed by atoms with E-state index in [0.29, 0.717) is 25.4 Å². The van der Waals surface area contributed by atoms with E-state index in [1.807, 2.05) is 68.6 Å². The van der Waals surface area contributed by atoms with Crippen LogP contribution in [-0.4, -0.2) is 77.7 Å². The molecular weight excluding hydrogens is 594 g/mol. The number of nitrogens with one attached hydrogen (secondary N) is 1. The fourth-order valence-corrected chi connectivity index (χ4v) is 6.24. The Bertz CT molecular complexity index is 1710. The van der Waals surface area contributed by atoms with Gasteiger partial charge in [0.15, 0.2) is 5.03 Å². The van der Waals surface area contributed by atoms with Gasteiger partial charge < -0.3 is 24.0 Å². The number of carbonyl (C=O) groups is 1. The van der Waals surface area contributed by atoms with Crippen LogP contribution in [-0.2, 0) is 23.6 Å². The summed E-state index contributed by atoms with van der Waals surface area (Å²) in [5.74, 6) is 1.47. The van der Waals surface area contributed by atoms with Gasteiger partial charge in [0, 0.05) is 44.5 Å². The molecule has 0 spiro atoms. The van der Waals surface area contributed by atoms with Crippen LogP contribution in [0.2, 0.25) is 0 Å². The van der Waals surface area contributed by atoms with Gasteiger partial charge in [-0.25, -0.2) is 4.98 Å². The van der Waals surface area contributed by atoms with E-state index in [9.17, 15) is 18.3 Å². The molecule has 1 aliphatic heterocycles. The van der Waals surface area contributed by atoms with Gasteiger partial charge in [0.05, 0.1) is 24.5 Å². The monoisotopic (exact) mass is 633 g/mol. The number of aryl methyl sites for hydroxylation is 1. The van der Waals surface area contributed by atoms with Crippen LogP contribution in [0.1, 0.15) is 29.8 Å². The Kier molecular flexibility index (Phi) is 9.76. The Morgan fingerprint density at radius 2 is 1.82 bits per heavy atom. The molecule has 1 aliphatic rings. The Balaban J connectivity index is 1.33. The predicted molar refractivity (Wildman–Crippen MR) is 171 cm³/mol. The van der Waals surface area contributed by atoms with Crippen LogP contribution in [0.4, 0.5) is 5.69 Å². The third-order valence-electron chi connectivity index (χ3n) is 7.72. The first kappa shape index (κ1) is 32.0. The molecule has 12 heteroatoms. The summed E-state index contributed by atoms with van der Waals surface area (Å²) in [6, 6.07) is 21.8. The first-order chi connectivity index (χ1) is 21.5. The van der Waals surface area contributed by atoms with Crippen LogP contribution >= 0.6 is 0 Å². The van der Waals surface area contributed by atoms with Crippen molar-refractivity contribution >= 4 is 21.6 Å². The topological polar surface area (TPSA) is 126 Å². The van der Waals surface area contributed by atoms with Crippen molar-refractivity contribution in [3.8, 4) is 17.2 Å². The number of fused-ring (bicyclic) bond motifs is 1. The fraction of sp³-hybridized carbons (Fsp3) is 0.333. The normalized spacial score (nSPS) is 17.6. The largest absolute Gasteiger partial charge is 0.488 e. The molecule has 11 nitrogen and oxygen atoms in total. The minimum atomic E-state index is -3.97. The lowest BCUT2D eigenvalue weighted by molar-refractivity contribution is 0.0341. The molecule has 0 fully saturated rings. The van der Waals surface area contributed by atoms with E-state index in [4.69, 9.17) is 9.47 Å². The van der Waals surface area contributed by atoms with E-state index in [1.54, 1.807) is 31.0 Å². The highest BCUT2D eigenvalue weighted by Crippen LogP contribution is 2.31. The highest BCUT2D eigenvalue weighted by Gasteiger charge is 2.34. The summed E-state index contributed by atoms with van der Waals surface area (Å²) < 4.78 is 42.3. The number of rotatable bonds is 11.